The van der Waals surface area contributed by atoms with Crippen molar-refractivity contribution in [2.75, 3.05) is 13.2 Å². The number of carbonyl (C=O) groups is 2. The summed E-state index contributed by atoms with van der Waals surface area (Å²) in [5.41, 5.74) is 0.889. The molecule has 5 heteroatoms. The van der Waals surface area contributed by atoms with Crippen molar-refractivity contribution < 1.29 is 14.3 Å². The highest BCUT2D eigenvalue weighted by atomic mass is 79.9. The van der Waals surface area contributed by atoms with Crippen LogP contribution in [0.1, 0.15) is 5.56 Å². The monoisotopic (exact) mass is 295 g/mol. The number of hydrogen-bond donors (Lipinski definition) is 0. The van der Waals surface area contributed by atoms with Gasteiger partial charge in [0.05, 0.1) is 11.0 Å². The fourth-order valence-electron chi connectivity index (χ4n) is 1.46. The first-order chi connectivity index (χ1) is 8.18. The van der Waals surface area contributed by atoms with Crippen molar-refractivity contribution in [3.63, 3.8) is 0 Å². The van der Waals surface area contributed by atoms with Crippen molar-refractivity contribution in [1.82, 2.24) is 4.90 Å². The average Bonchev–Trinajstić information content (AvgIpc) is 2.76. The van der Waals surface area contributed by atoms with Crippen LogP contribution < -0.4 is 0 Å². The fraction of sp³-hybridized carbons (Fsp3) is 0.167. The number of halogens is 1. The average molecular weight is 296 g/mol. The smallest absolute Gasteiger partial charge is 0.416 e. The summed E-state index contributed by atoms with van der Waals surface area (Å²) in [6, 6.07) is 9.39. The fourth-order valence-corrected chi connectivity index (χ4v) is 1.94. The zero-order chi connectivity index (χ0) is 12.3. The highest BCUT2D eigenvalue weighted by Crippen LogP contribution is 2.17. The van der Waals surface area contributed by atoms with Crippen LogP contribution in [-0.2, 0) is 9.53 Å². The minimum atomic E-state index is -0.589. The molecule has 1 aromatic rings. The van der Waals surface area contributed by atoms with Crippen LogP contribution in [0.2, 0.25) is 0 Å². The number of cyclic esters (lactones) is 1. The summed E-state index contributed by atoms with van der Waals surface area (Å²) < 4.78 is 5.04. The number of imide groups is 1. The Morgan fingerprint density at radius 2 is 2.06 bits per heavy atom. The molecular weight excluding hydrogens is 286 g/mol. The molecule has 0 bridgehead atoms. The molecule has 17 heavy (non-hydrogen) atoms. The predicted molar refractivity (Wildman–Crippen MR) is 66.4 cm³/mol. The molecule has 0 aromatic heterocycles. The molecule has 0 radical (unpaired) electrons. The van der Waals surface area contributed by atoms with Crippen molar-refractivity contribution in [1.29, 1.82) is 0 Å². The van der Waals surface area contributed by atoms with Crippen LogP contribution in [0.25, 0.3) is 6.08 Å². The summed E-state index contributed by atoms with van der Waals surface area (Å²) in [5.74, 6) is -0.378. The second kappa shape index (κ2) is 5.14. The molecule has 1 heterocycles. The highest BCUT2D eigenvalue weighted by Gasteiger charge is 2.29. The molecule has 0 saturated carbocycles. The quantitative estimate of drug-likeness (QED) is 0.787. The van der Waals surface area contributed by atoms with E-state index in [-0.39, 0.29) is 12.5 Å². The second-order valence-electron chi connectivity index (χ2n) is 3.47. The first-order valence-electron chi connectivity index (χ1n) is 5.09. The van der Waals surface area contributed by atoms with Gasteiger partial charge in [-0.25, -0.2) is 9.69 Å². The van der Waals surface area contributed by atoms with Gasteiger partial charge in [-0.15, -0.1) is 0 Å². The van der Waals surface area contributed by atoms with Crippen LogP contribution in [0.3, 0.4) is 0 Å². The summed E-state index contributed by atoms with van der Waals surface area (Å²) >= 11 is 3.18. The Hall–Kier alpha value is -1.62. The summed E-state index contributed by atoms with van der Waals surface area (Å²) in [5, 5.41) is 0. The molecule has 1 aliphatic rings. The summed E-state index contributed by atoms with van der Waals surface area (Å²) in [6.45, 7) is 0.561. The third-order valence-corrected chi connectivity index (χ3v) is 2.87. The van der Waals surface area contributed by atoms with Gasteiger partial charge in [0.2, 0.25) is 0 Å². The lowest BCUT2D eigenvalue weighted by Crippen LogP contribution is -2.31. The van der Waals surface area contributed by atoms with Gasteiger partial charge in [0.25, 0.3) is 5.91 Å². The van der Waals surface area contributed by atoms with Gasteiger partial charge in [0, 0.05) is 0 Å². The van der Waals surface area contributed by atoms with E-state index in [0.29, 0.717) is 11.0 Å². The van der Waals surface area contributed by atoms with Gasteiger partial charge in [0.1, 0.15) is 6.61 Å². The number of ether oxygens (including phenoxy) is 1. The first-order valence-corrected chi connectivity index (χ1v) is 5.88. The molecule has 2 amide bonds. The number of rotatable bonds is 2. The van der Waals surface area contributed by atoms with E-state index in [1.807, 2.05) is 30.3 Å². The molecule has 0 atom stereocenters. The number of benzene rings is 1. The van der Waals surface area contributed by atoms with Gasteiger partial charge in [-0.1, -0.05) is 30.3 Å². The van der Waals surface area contributed by atoms with Gasteiger partial charge in [-0.2, -0.15) is 0 Å². The Balaban J connectivity index is 2.15. The summed E-state index contributed by atoms with van der Waals surface area (Å²) in [6.07, 6.45) is 1.09. The van der Waals surface area contributed by atoms with Crippen LogP contribution in [0, 0.1) is 0 Å². The van der Waals surface area contributed by atoms with E-state index >= 15 is 0 Å². The molecule has 0 unspecified atom stereocenters. The topological polar surface area (TPSA) is 46.6 Å². The minimum Gasteiger partial charge on any atom is -0.447 e. The molecular formula is C12H10BrNO3. The Kier molecular flexibility index (Phi) is 3.58. The SMILES string of the molecule is O=C1OCCN1C(=O)C(Br)=Cc1ccccc1. The molecule has 0 aliphatic carbocycles. The van der Waals surface area contributed by atoms with Crippen molar-refractivity contribution in [3.05, 3.63) is 40.4 Å². The van der Waals surface area contributed by atoms with E-state index in [4.69, 9.17) is 4.74 Å². The Morgan fingerprint density at radius 3 is 2.65 bits per heavy atom. The van der Waals surface area contributed by atoms with E-state index in [9.17, 15) is 9.59 Å². The summed E-state index contributed by atoms with van der Waals surface area (Å²) in [4.78, 5) is 24.2. The van der Waals surface area contributed by atoms with E-state index < -0.39 is 6.09 Å². The molecule has 1 aliphatic heterocycles. The van der Waals surface area contributed by atoms with Crippen molar-refractivity contribution in [2.24, 2.45) is 0 Å². The standard InChI is InChI=1S/C12H10BrNO3/c13-10(8-9-4-2-1-3-5-9)11(15)14-6-7-17-12(14)16/h1-5,8H,6-7H2. The van der Waals surface area contributed by atoms with Crippen LogP contribution in [0.15, 0.2) is 34.8 Å². The molecule has 0 spiro atoms. The number of amides is 2. The largest absolute Gasteiger partial charge is 0.447 e. The van der Waals surface area contributed by atoms with Gasteiger partial charge in [-0.3, -0.25) is 4.79 Å². The van der Waals surface area contributed by atoms with Crippen LogP contribution in [-0.4, -0.2) is 30.1 Å². The Labute approximate surface area is 107 Å². The van der Waals surface area contributed by atoms with Crippen molar-refractivity contribution in [2.45, 2.75) is 0 Å². The zero-order valence-corrected chi connectivity index (χ0v) is 10.5. The lowest BCUT2D eigenvalue weighted by molar-refractivity contribution is -0.122. The first kappa shape index (κ1) is 11.9. The summed E-state index contributed by atoms with van der Waals surface area (Å²) in [7, 11) is 0. The molecule has 2 rings (SSSR count). The predicted octanol–water partition coefficient (Wildman–Crippen LogP) is 2.40. The molecule has 1 aromatic carbocycles. The van der Waals surface area contributed by atoms with E-state index in [1.165, 1.54) is 0 Å². The molecule has 0 N–H and O–H groups in total. The van der Waals surface area contributed by atoms with Gasteiger partial charge in [0.15, 0.2) is 0 Å². The minimum absolute atomic E-state index is 0.260. The van der Waals surface area contributed by atoms with Crippen LogP contribution in [0.4, 0.5) is 4.79 Å². The van der Waals surface area contributed by atoms with Gasteiger partial charge < -0.3 is 4.74 Å². The van der Waals surface area contributed by atoms with Crippen molar-refractivity contribution >= 4 is 34.0 Å². The number of nitrogens with zero attached hydrogens (tertiary/aromatic N) is 1. The lowest BCUT2D eigenvalue weighted by atomic mass is 10.2. The zero-order valence-electron chi connectivity index (χ0n) is 8.93. The number of carbonyl (C=O) groups excluding carboxylic acids is 2. The van der Waals surface area contributed by atoms with Crippen molar-refractivity contribution in [3.8, 4) is 0 Å². The maximum absolute atomic E-state index is 11.9. The molecule has 1 saturated heterocycles. The Morgan fingerprint density at radius 1 is 1.35 bits per heavy atom. The van der Waals surface area contributed by atoms with Crippen LogP contribution in [0.5, 0.6) is 0 Å². The van der Waals surface area contributed by atoms with E-state index in [1.54, 1.807) is 6.08 Å². The van der Waals surface area contributed by atoms with Gasteiger partial charge >= 0.3 is 6.09 Å². The normalized spacial score (nSPS) is 15.9. The van der Waals surface area contributed by atoms with Gasteiger partial charge in [-0.05, 0) is 27.6 Å². The lowest BCUT2D eigenvalue weighted by Gasteiger charge is -2.09. The second-order valence-corrected chi connectivity index (χ2v) is 4.33. The third-order valence-electron chi connectivity index (χ3n) is 2.30. The molecule has 1 fully saturated rings. The molecule has 88 valence electrons. The Bertz CT molecular complexity index is 470. The van der Waals surface area contributed by atoms with E-state index in [0.717, 1.165) is 10.5 Å². The maximum atomic E-state index is 11.9. The van der Waals surface area contributed by atoms with E-state index in [2.05, 4.69) is 15.9 Å². The molecule has 4 nitrogen and oxygen atoms in total. The number of hydrogen-bond acceptors (Lipinski definition) is 3. The highest BCUT2D eigenvalue weighted by molar-refractivity contribution is 9.12. The third kappa shape index (κ3) is 2.74. The van der Waals surface area contributed by atoms with Crippen LogP contribution >= 0.6 is 15.9 Å². The maximum Gasteiger partial charge on any atom is 0.416 e.